The molecule has 0 aliphatic heterocycles. The van der Waals surface area contributed by atoms with E-state index in [1.807, 2.05) is 23.6 Å². The summed E-state index contributed by atoms with van der Waals surface area (Å²) < 4.78 is 51.4. The van der Waals surface area contributed by atoms with Crippen molar-refractivity contribution in [2.45, 2.75) is 49.6 Å². The average Bonchev–Trinajstić information content (AvgIpc) is 3.61. The molecule has 2 aromatic heterocycles. The Balaban J connectivity index is 1.33. The van der Waals surface area contributed by atoms with E-state index in [0.717, 1.165) is 59.6 Å². The van der Waals surface area contributed by atoms with E-state index in [1.54, 1.807) is 12.1 Å². The number of fused-ring (bicyclic) bond motifs is 1. The molecule has 1 atom stereocenters. The van der Waals surface area contributed by atoms with Crippen LogP contribution in [0.5, 0.6) is 5.75 Å². The molecule has 0 saturated carbocycles. The van der Waals surface area contributed by atoms with Crippen LogP contribution >= 0.6 is 23.4 Å². The number of benzene rings is 3. The SMILES string of the molecule is Cc1cc(C2CCCc3nc(SCc4c(F)cc(OCc5nnn[nH]5)cc4F)n(-c4ccc(F)cc4)c32)ccc1Cl. The van der Waals surface area contributed by atoms with Crippen molar-refractivity contribution in [2.24, 2.45) is 0 Å². The molecule has 6 rings (SSSR count). The maximum Gasteiger partial charge on any atom is 0.186 e. The minimum atomic E-state index is -0.734. The van der Waals surface area contributed by atoms with Gasteiger partial charge in [-0.1, -0.05) is 35.5 Å². The van der Waals surface area contributed by atoms with E-state index in [2.05, 4.69) is 26.7 Å². The fraction of sp³-hybridized carbons (Fsp3) is 0.241. The molecule has 0 radical (unpaired) electrons. The molecule has 0 amide bonds. The van der Waals surface area contributed by atoms with Crippen LogP contribution < -0.4 is 4.74 Å². The third kappa shape index (κ3) is 5.69. The molecular weight excluding hydrogens is 573 g/mol. The number of H-pyrrole nitrogens is 1. The second-order valence-corrected chi connectivity index (χ2v) is 11.1. The van der Waals surface area contributed by atoms with Gasteiger partial charge < -0.3 is 4.74 Å². The quantitative estimate of drug-likeness (QED) is 0.192. The summed E-state index contributed by atoms with van der Waals surface area (Å²) in [5.41, 5.74) is 4.65. The predicted octanol–water partition coefficient (Wildman–Crippen LogP) is 7.10. The second-order valence-electron chi connectivity index (χ2n) is 9.78. The molecule has 1 unspecified atom stereocenters. The molecule has 1 aliphatic rings. The number of rotatable bonds is 8. The maximum absolute atomic E-state index is 15.1. The number of aryl methyl sites for hydroxylation is 2. The van der Waals surface area contributed by atoms with Gasteiger partial charge in [0.25, 0.3) is 0 Å². The minimum Gasteiger partial charge on any atom is -0.485 e. The number of halogens is 4. The number of hydrogen-bond acceptors (Lipinski definition) is 6. The normalized spacial score (nSPS) is 14.7. The van der Waals surface area contributed by atoms with Crippen molar-refractivity contribution in [3.05, 3.63) is 111 Å². The number of ether oxygens (including phenoxy) is 1. The van der Waals surface area contributed by atoms with E-state index < -0.39 is 11.6 Å². The first kappa shape index (κ1) is 27.3. The predicted molar refractivity (Wildman–Crippen MR) is 149 cm³/mol. The van der Waals surface area contributed by atoms with E-state index in [0.29, 0.717) is 16.0 Å². The third-order valence-corrected chi connectivity index (χ3v) is 8.48. The molecule has 1 aliphatic carbocycles. The molecule has 7 nitrogen and oxygen atoms in total. The number of tetrazole rings is 1. The van der Waals surface area contributed by atoms with Crippen LogP contribution in [0.3, 0.4) is 0 Å². The van der Waals surface area contributed by atoms with Gasteiger partial charge in [0.2, 0.25) is 0 Å². The van der Waals surface area contributed by atoms with Crippen molar-refractivity contribution in [3.8, 4) is 11.4 Å². The zero-order valence-corrected chi connectivity index (χ0v) is 23.4. The Bertz CT molecular complexity index is 1670. The average molecular weight is 597 g/mol. The maximum atomic E-state index is 15.1. The van der Waals surface area contributed by atoms with E-state index in [4.69, 9.17) is 21.3 Å². The largest absolute Gasteiger partial charge is 0.485 e. The molecule has 210 valence electrons. The second kappa shape index (κ2) is 11.6. The molecule has 0 spiro atoms. The summed E-state index contributed by atoms with van der Waals surface area (Å²) in [5, 5.41) is 14.4. The standard InChI is InChI=1S/C29H24ClF3N6OS/c1-16-11-17(5-10-23(16)30)21-3-2-4-26-28(21)39(19-8-6-18(31)7-9-19)29(34-26)41-15-22-24(32)12-20(13-25(22)33)40-14-27-35-37-38-36-27/h5-13,21H,2-4,14-15H2,1H3,(H,35,36,37,38). The Morgan fingerprint density at radius 1 is 1.07 bits per heavy atom. The monoisotopic (exact) mass is 596 g/mol. The van der Waals surface area contributed by atoms with Crippen molar-refractivity contribution in [1.82, 2.24) is 30.2 Å². The van der Waals surface area contributed by atoms with Gasteiger partial charge in [-0.3, -0.25) is 4.57 Å². The fourth-order valence-corrected chi connectivity index (χ4v) is 6.26. The van der Waals surface area contributed by atoms with Gasteiger partial charge in [0.05, 0.1) is 11.4 Å². The van der Waals surface area contributed by atoms with Crippen LogP contribution in [0.4, 0.5) is 13.2 Å². The number of nitrogens with zero attached hydrogens (tertiary/aromatic N) is 5. The Morgan fingerprint density at radius 3 is 2.56 bits per heavy atom. The van der Waals surface area contributed by atoms with Crippen LogP contribution in [0.15, 0.2) is 59.8 Å². The number of imidazole rings is 1. The fourth-order valence-electron chi connectivity index (χ4n) is 5.08. The highest BCUT2D eigenvalue weighted by Crippen LogP contribution is 2.42. The zero-order valence-electron chi connectivity index (χ0n) is 21.9. The Hall–Kier alpha value is -3.83. The van der Waals surface area contributed by atoms with Gasteiger partial charge in [0.1, 0.15) is 29.8 Å². The Labute approximate surface area is 243 Å². The molecular formula is C29H24ClF3N6OS. The summed E-state index contributed by atoms with van der Waals surface area (Å²) >= 11 is 7.53. The number of aromatic amines is 1. The van der Waals surface area contributed by atoms with Gasteiger partial charge in [-0.15, -0.1) is 5.10 Å². The molecule has 3 aromatic carbocycles. The zero-order chi connectivity index (χ0) is 28.5. The summed E-state index contributed by atoms with van der Waals surface area (Å²) in [7, 11) is 0. The van der Waals surface area contributed by atoms with E-state index >= 15 is 8.78 Å². The molecule has 2 heterocycles. The summed E-state index contributed by atoms with van der Waals surface area (Å²) in [6.07, 6.45) is 2.62. The number of nitrogens with one attached hydrogen (secondary N) is 1. The molecule has 12 heteroatoms. The lowest BCUT2D eigenvalue weighted by atomic mass is 9.83. The van der Waals surface area contributed by atoms with E-state index in [9.17, 15) is 4.39 Å². The lowest BCUT2D eigenvalue weighted by Gasteiger charge is -2.25. The first-order valence-electron chi connectivity index (χ1n) is 13.0. The van der Waals surface area contributed by atoms with Crippen LogP contribution in [-0.4, -0.2) is 30.2 Å². The highest BCUT2D eigenvalue weighted by Gasteiger charge is 2.30. The number of hydrogen-bond donors (Lipinski definition) is 1. The van der Waals surface area contributed by atoms with Gasteiger partial charge in [0, 0.05) is 40.1 Å². The highest BCUT2D eigenvalue weighted by atomic mass is 35.5. The number of thioether (sulfide) groups is 1. The summed E-state index contributed by atoms with van der Waals surface area (Å²) in [6.45, 7) is 1.91. The summed E-state index contributed by atoms with van der Waals surface area (Å²) in [4.78, 5) is 4.93. The van der Waals surface area contributed by atoms with Gasteiger partial charge >= 0.3 is 0 Å². The van der Waals surface area contributed by atoms with Crippen molar-refractivity contribution in [2.75, 3.05) is 0 Å². The van der Waals surface area contributed by atoms with Crippen molar-refractivity contribution < 1.29 is 17.9 Å². The minimum absolute atomic E-state index is 0.00816. The molecule has 1 N–H and O–H groups in total. The third-order valence-electron chi connectivity index (χ3n) is 7.09. The molecule has 41 heavy (non-hydrogen) atoms. The van der Waals surface area contributed by atoms with Gasteiger partial charge in [-0.05, 0) is 78.1 Å². The lowest BCUT2D eigenvalue weighted by Crippen LogP contribution is -2.15. The molecule has 5 aromatic rings. The lowest BCUT2D eigenvalue weighted by molar-refractivity contribution is 0.292. The molecule has 0 fully saturated rings. The Kier molecular flexibility index (Phi) is 7.72. The summed E-state index contributed by atoms with van der Waals surface area (Å²) in [5.74, 6) is -1.45. The molecule has 0 saturated heterocycles. The Morgan fingerprint density at radius 2 is 1.85 bits per heavy atom. The first-order chi connectivity index (χ1) is 19.9. The van der Waals surface area contributed by atoms with Crippen LogP contribution in [0.2, 0.25) is 5.02 Å². The van der Waals surface area contributed by atoms with Gasteiger partial charge in [-0.2, -0.15) is 0 Å². The topological polar surface area (TPSA) is 81.5 Å². The van der Waals surface area contributed by atoms with Gasteiger partial charge in [0.15, 0.2) is 11.0 Å². The summed E-state index contributed by atoms with van der Waals surface area (Å²) in [6, 6.07) is 14.5. The molecule has 0 bridgehead atoms. The first-order valence-corrected chi connectivity index (χ1v) is 14.3. The smallest absolute Gasteiger partial charge is 0.186 e. The number of aromatic nitrogens is 6. The van der Waals surface area contributed by atoms with Crippen LogP contribution in [0, 0.1) is 24.4 Å². The van der Waals surface area contributed by atoms with Crippen molar-refractivity contribution >= 4 is 23.4 Å². The van der Waals surface area contributed by atoms with E-state index in [-0.39, 0.29) is 35.4 Å². The van der Waals surface area contributed by atoms with Crippen LogP contribution in [-0.2, 0) is 18.8 Å². The van der Waals surface area contributed by atoms with Crippen molar-refractivity contribution in [1.29, 1.82) is 0 Å². The van der Waals surface area contributed by atoms with Gasteiger partial charge in [-0.25, -0.2) is 23.3 Å². The highest BCUT2D eigenvalue weighted by molar-refractivity contribution is 7.98. The van der Waals surface area contributed by atoms with Crippen LogP contribution in [0.1, 0.15) is 52.7 Å². The van der Waals surface area contributed by atoms with Crippen molar-refractivity contribution in [3.63, 3.8) is 0 Å². The van der Waals surface area contributed by atoms with Crippen LogP contribution in [0.25, 0.3) is 5.69 Å². The van der Waals surface area contributed by atoms with E-state index in [1.165, 1.54) is 23.9 Å².